The summed E-state index contributed by atoms with van der Waals surface area (Å²) in [4.78, 5) is 24.1. The van der Waals surface area contributed by atoms with Gasteiger partial charge in [-0.25, -0.2) is 8.42 Å². The van der Waals surface area contributed by atoms with Crippen LogP contribution in [0.1, 0.15) is 29.8 Å². The molecule has 2 aromatic rings. The molecule has 0 bridgehead atoms. The van der Waals surface area contributed by atoms with Crippen molar-refractivity contribution in [1.29, 1.82) is 0 Å². The quantitative estimate of drug-likeness (QED) is 0.636. The zero-order chi connectivity index (χ0) is 20.9. The van der Waals surface area contributed by atoms with E-state index in [2.05, 4.69) is 15.4 Å². The van der Waals surface area contributed by atoms with Crippen molar-refractivity contribution in [2.75, 3.05) is 11.3 Å². The Bertz CT molecular complexity index is 992. The fraction of sp³-hybridized carbons (Fsp3) is 0.263. The number of aryl methyl sites for hydroxylation is 1. The average Bonchev–Trinajstić information content (AvgIpc) is 2.61. The summed E-state index contributed by atoms with van der Waals surface area (Å²) in [6.07, 6.45) is 0. The standard InChI is InChI=1S/C19H22ClN3O4S/c1-4-21-18(24)13(3)22-19(25)16-11-15(8-9-17(16)20)28(26,27)23-14-7-5-6-12(2)10-14/h5-11,13,23H,4H2,1-3H3,(H,21,24)(H,22,25)/t13-/m1/s1. The number of halogens is 1. The molecule has 0 aliphatic carbocycles. The minimum absolute atomic E-state index is 0.0371. The number of anilines is 1. The van der Waals surface area contributed by atoms with Crippen LogP contribution in [-0.2, 0) is 14.8 Å². The van der Waals surface area contributed by atoms with Crippen LogP contribution in [0.2, 0.25) is 5.02 Å². The highest BCUT2D eigenvalue weighted by Gasteiger charge is 2.21. The zero-order valence-corrected chi connectivity index (χ0v) is 17.3. The number of rotatable bonds is 7. The summed E-state index contributed by atoms with van der Waals surface area (Å²) in [6.45, 7) is 5.56. The van der Waals surface area contributed by atoms with Crippen LogP contribution in [0.15, 0.2) is 47.4 Å². The fourth-order valence-corrected chi connectivity index (χ4v) is 3.71. The van der Waals surface area contributed by atoms with Gasteiger partial charge in [-0.3, -0.25) is 14.3 Å². The molecule has 28 heavy (non-hydrogen) atoms. The third-order valence-electron chi connectivity index (χ3n) is 3.85. The largest absolute Gasteiger partial charge is 0.355 e. The number of nitrogens with one attached hydrogen (secondary N) is 3. The Morgan fingerprint density at radius 1 is 1.14 bits per heavy atom. The second-order valence-corrected chi connectivity index (χ2v) is 8.30. The number of likely N-dealkylation sites (N-methyl/N-ethyl adjacent to an activating group) is 1. The predicted octanol–water partition coefficient (Wildman–Crippen LogP) is 2.70. The number of hydrogen-bond donors (Lipinski definition) is 3. The van der Waals surface area contributed by atoms with Crippen LogP contribution in [0.5, 0.6) is 0 Å². The molecule has 2 rings (SSSR count). The van der Waals surface area contributed by atoms with Gasteiger partial charge in [-0.05, 0) is 56.7 Å². The molecule has 2 amide bonds. The molecule has 150 valence electrons. The lowest BCUT2D eigenvalue weighted by Gasteiger charge is -2.15. The van der Waals surface area contributed by atoms with Gasteiger partial charge in [0.05, 0.1) is 15.5 Å². The number of carbonyl (C=O) groups excluding carboxylic acids is 2. The van der Waals surface area contributed by atoms with E-state index in [0.29, 0.717) is 12.2 Å². The topological polar surface area (TPSA) is 104 Å². The maximum absolute atomic E-state index is 12.7. The molecule has 0 saturated carbocycles. The normalized spacial score (nSPS) is 12.1. The molecule has 0 heterocycles. The molecule has 2 aromatic carbocycles. The van der Waals surface area contributed by atoms with Crippen molar-refractivity contribution in [1.82, 2.24) is 10.6 Å². The van der Waals surface area contributed by atoms with E-state index >= 15 is 0 Å². The number of amides is 2. The SMILES string of the molecule is CCNC(=O)[C@@H](C)NC(=O)c1cc(S(=O)(=O)Nc2cccc(C)c2)ccc1Cl. The van der Waals surface area contributed by atoms with E-state index in [-0.39, 0.29) is 21.4 Å². The second kappa shape index (κ2) is 9.07. The average molecular weight is 424 g/mol. The molecule has 0 aromatic heterocycles. The van der Waals surface area contributed by atoms with Crippen LogP contribution < -0.4 is 15.4 Å². The molecule has 0 fully saturated rings. The van der Waals surface area contributed by atoms with Crippen molar-refractivity contribution in [2.24, 2.45) is 0 Å². The van der Waals surface area contributed by atoms with E-state index in [1.165, 1.54) is 25.1 Å². The summed E-state index contributed by atoms with van der Waals surface area (Å²) in [6, 6.07) is 9.92. The van der Waals surface area contributed by atoms with Crippen molar-refractivity contribution in [3.63, 3.8) is 0 Å². The summed E-state index contributed by atoms with van der Waals surface area (Å²) < 4.78 is 27.8. The summed E-state index contributed by atoms with van der Waals surface area (Å²) in [5, 5.41) is 5.18. The van der Waals surface area contributed by atoms with E-state index < -0.39 is 22.0 Å². The summed E-state index contributed by atoms with van der Waals surface area (Å²) in [7, 11) is -3.92. The zero-order valence-electron chi connectivity index (χ0n) is 15.7. The lowest BCUT2D eigenvalue weighted by molar-refractivity contribution is -0.122. The first-order valence-electron chi connectivity index (χ1n) is 8.61. The Balaban J connectivity index is 2.26. The predicted molar refractivity (Wildman–Crippen MR) is 109 cm³/mol. The molecule has 0 saturated heterocycles. The summed E-state index contributed by atoms with van der Waals surface area (Å²) in [5.74, 6) is -0.992. The van der Waals surface area contributed by atoms with Crippen LogP contribution in [0, 0.1) is 6.92 Å². The first-order chi connectivity index (χ1) is 13.1. The van der Waals surface area contributed by atoms with Gasteiger partial charge in [0.15, 0.2) is 0 Å². The van der Waals surface area contributed by atoms with Crippen molar-refractivity contribution >= 4 is 39.1 Å². The van der Waals surface area contributed by atoms with E-state index in [9.17, 15) is 18.0 Å². The Morgan fingerprint density at radius 2 is 1.86 bits per heavy atom. The van der Waals surface area contributed by atoms with Crippen LogP contribution in [0.25, 0.3) is 0 Å². The van der Waals surface area contributed by atoms with Gasteiger partial charge in [-0.15, -0.1) is 0 Å². The van der Waals surface area contributed by atoms with Crippen molar-refractivity contribution in [2.45, 2.75) is 31.7 Å². The third-order valence-corrected chi connectivity index (χ3v) is 5.56. The number of hydrogen-bond acceptors (Lipinski definition) is 4. The fourth-order valence-electron chi connectivity index (χ4n) is 2.44. The van der Waals surface area contributed by atoms with Gasteiger partial charge < -0.3 is 10.6 Å². The maximum atomic E-state index is 12.7. The highest BCUT2D eigenvalue weighted by atomic mass is 35.5. The molecule has 0 radical (unpaired) electrons. The van der Waals surface area contributed by atoms with Gasteiger partial charge in [-0.2, -0.15) is 0 Å². The molecule has 0 aliphatic heterocycles. The Labute approximate surface area is 169 Å². The summed E-state index contributed by atoms with van der Waals surface area (Å²) >= 11 is 6.07. The van der Waals surface area contributed by atoms with Gasteiger partial charge in [0.1, 0.15) is 6.04 Å². The molecule has 0 unspecified atom stereocenters. The van der Waals surface area contributed by atoms with Crippen molar-refractivity contribution < 1.29 is 18.0 Å². The lowest BCUT2D eigenvalue weighted by Crippen LogP contribution is -2.44. The van der Waals surface area contributed by atoms with Gasteiger partial charge in [-0.1, -0.05) is 23.7 Å². The Kier molecular flexibility index (Phi) is 7.04. The Hall–Kier alpha value is -2.58. The van der Waals surface area contributed by atoms with Gasteiger partial charge >= 0.3 is 0 Å². The Morgan fingerprint density at radius 3 is 2.50 bits per heavy atom. The smallest absolute Gasteiger partial charge is 0.261 e. The number of benzene rings is 2. The molecule has 0 spiro atoms. The van der Waals surface area contributed by atoms with E-state index in [4.69, 9.17) is 11.6 Å². The van der Waals surface area contributed by atoms with E-state index in [0.717, 1.165) is 5.56 Å². The highest BCUT2D eigenvalue weighted by Crippen LogP contribution is 2.23. The van der Waals surface area contributed by atoms with Crippen molar-refractivity contribution in [3.05, 3.63) is 58.6 Å². The number of sulfonamides is 1. The van der Waals surface area contributed by atoms with Crippen LogP contribution in [-0.4, -0.2) is 32.8 Å². The molecule has 0 aliphatic rings. The lowest BCUT2D eigenvalue weighted by atomic mass is 10.2. The minimum Gasteiger partial charge on any atom is -0.355 e. The molecule has 9 heteroatoms. The van der Waals surface area contributed by atoms with E-state index in [1.807, 2.05) is 13.0 Å². The van der Waals surface area contributed by atoms with Crippen molar-refractivity contribution in [3.8, 4) is 0 Å². The van der Waals surface area contributed by atoms with Gasteiger partial charge in [0, 0.05) is 12.2 Å². The third kappa shape index (κ3) is 5.46. The number of carbonyl (C=O) groups is 2. The van der Waals surface area contributed by atoms with E-state index in [1.54, 1.807) is 25.1 Å². The maximum Gasteiger partial charge on any atom is 0.261 e. The minimum atomic E-state index is -3.92. The highest BCUT2D eigenvalue weighted by molar-refractivity contribution is 7.92. The molecule has 7 nitrogen and oxygen atoms in total. The molecule has 1 atom stereocenters. The van der Waals surface area contributed by atoms with Gasteiger partial charge in [0.2, 0.25) is 5.91 Å². The molecule has 3 N–H and O–H groups in total. The van der Waals surface area contributed by atoms with Gasteiger partial charge in [0.25, 0.3) is 15.9 Å². The van der Waals surface area contributed by atoms with Crippen LogP contribution >= 0.6 is 11.6 Å². The van der Waals surface area contributed by atoms with Crippen LogP contribution in [0.4, 0.5) is 5.69 Å². The molecular formula is C19H22ClN3O4S. The monoisotopic (exact) mass is 423 g/mol. The second-order valence-electron chi connectivity index (χ2n) is 6.21. The molecular weight excluding hydrogens is 402 g/mol. The first kappa shape index (κ1) is 21.7. The first-order valence-corrected chi connectivity index (χ1v) is 10.5. The summed E-state index contributed by atoms with van der Waals surface area (Å²) in [5.41, 5.74) is 1.27. The van der Waals surface area contributed by atoms with Crippen LogP contribution in [0.3, 0.4) is 0 Å².